The smallest absolute Gasteiger partial charge is 0.280 e. The summed E-state index contributed by atoms with van der Waals surface area (Å²) in [5.41, 5.74) is 0.409. The van der Waals surface area contributed by atoms with Gasteiger partial charge in [-0.05, 0) is 38.5 Å². The maximum atomic E-state index is 12.9. The Labute approximate surface area is 172 Å². The minimum absolute atomic E-state index is 0.120. The van der Waals surface area contributed by atoms with Crippen LogP contribution < -0.4 is 10.1 Å². The molecule has 0 aliphatic heterocycles. The number of carbonyl (C=O) groups excluding carboxylic acids is 1. The first-order chi connectivity index (χ1) is 14.1. The molecule has 2 aromatic heterocycles. The van der Waals surface area contributed by atoms with E-state index in [2.05, 4.69) is 15.3 Å². The number of ether oxygens (including phenoxy) is 1. The average Bonchev–Trinajstić information content (AvgIpc) is 3.00. The number of hydrogen-bond donors (Lipinski definition) is 2. The minimum atomic E-state index is -2.76. The van der Waals surface area contributed by atoms with E-state index < -0.39 is 23.6 Å². The molecule has 0 spiro atoms. The highest BCUT2D eigenvalue weighted by atomic mass is 19.3. The summed E-state index contributed by atoms with van der Waals surface area (Å²) in [5.74, 6) is 0.538. The van der Waals surface area contributed by atoms with Gasteiger partial charge in [0.05, 0.1) is 29.4 Å². The summed E-state index contributed by atoms with van der Waals surface area (Å²) >= 11 is 0. The summed E-state index contributed by atoms with van der Waals surface area (Å²) in [6.45, 7) is 3.48. The molecule has 9 heteroatoms. The Morgan fingerprint density at radius 3 is 2.67 bits per heavy atom. The molecule has 1 amide bonds. The normalized spacial score (nSPS) is 11.9. The fourth-order valence-corrected chi connectivity index (χ4v) is 3.06. The number of rotatable bonds is 7. The lowest BCUT2D eigenvalue weighted by molar-refractivity contribution is 0.0706. The zero-order valence-corrected chi connectivity index (χ0v) is 17.2. The standard InChI is InChI=1S/C21H24F2N4O3/c1-21(2,29)9-8-18-25-14-11-17(30-4)15(10-16(14)27(18)3)26-20(28)13-7-5-6-12(24-13)19(22)23/h5-7,10-11,19,29H,8-9H2,1-4H3,(H,26,28). The fourth-order valence-electron chi connectivity index (χ4n) is 3.06. The number of fused-ring (bicyclic) bond motifs is 1. The van der Waals surface area contributed by atoms with Crippen molar-refractivity contribution in [2.45, 2.75) is 38.7 Å². The number of methoxy groups -OCH3 is 1. The number of pyridine rings is 1. The van der Waals surface area contributed by atoms with Crippen LogP contribution in [0.5, 0.6) is 5.75 Å². The summed E-state index contributed by atoms with van der Waals surface area (Å²) in [6.07, 6.45) is -1.65. The quantitative estimate of drug-likeness (QED) is 0.608. The van der Waals surface area contributed by atoms with Gasteiger partial charge >= 0.3 is 0 Å². The van der Waals surface area contributed by atoms with E-state index in [0.717, 1.165) is 11.3 Å². The molecule has 2 heterocycles. The van der Waals surface area contributed by atoms with Crippen LogP contribution in [0.4, 0.5) is 14.5 Å². The third-order valence-electron chi connectivity index (χ3n) is 4.73. The van der Waals surface area contributed by atoms with E-state index in [1.54, 1.807) is 26.0 Å². The van der Waals surface area contributed by atoms with Crippen molar-refractivity contribution in [2.75, 3.05) is 12.4 Å². The molecule has 0 saturated heterocycles. The maximum Gasteiger partial charge on any atom is 0.280 e. The van der Waals surface area contributed by atoms with Crippen LogP contribution in [0.1, 0.15) is 48.7 Å². The molecule has 160 valence electrons. The van der Waals surface area contributed by atoms with Crippen LogP contribution in [-0.2, 0) is 13.5 Å². The Balaban J connectivity index is 1.92. The largest absolute Gasteiger partial charge is 0.494 e. The molecule has 7 nitrogen and oxygen atoms in total. The van der Waals surface area contributed by atoms with Gasteiger partial charge < -0.3 is 19.7 Å². The van der Waals surface area contributed by atoms with E-state index in [1.165, 1.54) is 25.3 Å². The molecule has 0 radical (unpaired) electrons. The molecule has 0 atom stereocenters. The van der Waals surface area contributed by atoms with Gasteiger partial charge in [-0.25, -0.2) is 18.7 Å². The molecule has 2 N–H and O–H groups in total. The van der Waals surface area contributed by atoms with Crippen LogP contribution in [0.3, 0.4) is 0 Å². The Kier molecular flexibility index (Phi) is 6.02. The van der Waals surface area contributed by atoms with Gasteiger partial charge in [-0.2, -0.15) is 0 Å². The SMILES string of the molecule is COc1cc2nc(CCC(C)(C)O)n(C)c2cc1NC(=O)c1cccc(C(F)F)n1. The van der Waals surface area contributed by atoms with Gasteiger partial charge in [0.15, 0.2) is 0 Å². The van der Waals surface area contributed by atoms with E-state index in [1.807, 2.05) is 11.6 Å². The Bertz CT molecular complexity index is 1070. The Morgan fingerprint density at radius 1 is 1.30 bits per heavy atom. The molecule has 0 unspecified atom stereocenters. The number of carbonyl (C=O) groups is 1. The Hall–Kier alpha value is -3.07. The van der Waals surface area contributed by atoms with E-state index >= 15 is 0 Å². The van der Waals surface area contributed by atoms with Gasteiger partial charge in [0.1, 0.15) is 23.0 Å². The maximum absolute atomic E-state index is 12.9. The van der Waals surface area contributed by atoms with Crippen LogP contribution in [0.15, 0.2) is 30.3 Å². The number of benzene rings is 1. The van der Waals surface area contributed by atoms with Crippen LogP contribution in [-0.4, -0.2) is 38.3 Å². The molecule has 0 aliphatic rings. The number of imidazole rings is 1. The number of aryl methyl sites for hydroxylation is 2. The van der Waals surface area contributed by atoms with Gasteiger partial charge in [-0.1, -0.05) is 6.07 Å². The molecular weight excluding hydrogens is 394 g/mol. The number of anilines is 1. The highest BCUT2D eigenvalue weighted by Gasteiger charge is 2.19. The summed E-state index contributed by atoms with van der Waals surface area (Å²) in [4.78, 5) is 20.9. The predicted octanol–water partition coefficient (Wildman–Crippen LogP) is 3.87. The van der Waals surface area contributed by atoms with Gasteiger partial charge in [-0.3, -0.25) is 4.79 Å². The molecule has 0 saturated carbocycles. The van der Waals surface area contributed by atoms with Crippen molar-refractivity contribution in [1.29, 1.82) is 0 Å². The van der Waals surface area contributed by atoms with E-state index in [4.69, 9.17) is 4.74 Å². The summed E-state index contributed by atoms with van der Waals surface area (Å²) in [5, 5.41) is 12.7. The van der Waals surface area contributed by atoms with Gasteiger partial charge in [0.2, 0.25) is 0 Å². The molecule has 0 bridgehead atoms. The van der Waals surface area contributed by atoms with Crippen molar-refractivity contribution in [3.63, 3.8) is 0 Å². The van der Waals surface area contributed by atoms with Crippen molar-refractivity contribution in [2.24, 2.45) is 7.05 Å². The van der Waals surface area contributed by atoms with E-state index in [-0.39, 0.29) is 5.69 Å². The number of aliphatic hydroxyl groups is 1. The number of nitrogens with one attached hydrogen (secondary N) is 1. The fraction of sp³-hybridized carbons (Fsp3) is 0.381. The van der Waals surface area contributed by atoms with Crippen molar-refractivity contribution < 1.29 is 23.4 Å². The second kappa shape index (κ2) is 8.35. The first-order valence-corrected chi connectivity index (χ1v) is 9.41. The second-order valence-electron chi connectivity index (χ2n) is 7.64. The topological polar surface area (TPSA) is 89.3 Å². The third kappa shape index (κ3) is 4.73. The predicted molar refractivity (Wildman–Crippen MR) is 109 cm³/mol. The number of alkyl halides is 2. The lowest BCUT2D eigenvalue weighted by Crippen LogP contribution is -2.20. The number of hydrogen-bond acceptors (Lipinski definition) is 5. The molecule has 1 aromatic carbocycles. The second-order valence-corrected chi connectivity index (χ2v) is 7.64. The van der Waals surface area contributed by atoms with Crippen molar-refractivity contribution in [3.8, 4) is 5.75 Å². The lowest BCUT2D eigenvalue weighted by atomic mass is 10.0. The highest BCUT2D eigenvalue weighted by molar-refractivity contribution is 6.04. The molecule has 0 aliphatic carbocycles. The van der Waals surface area contributed by atoms with Crippen molar-refractivity contribution >= 4 is 22.6 Å². The zero-order valence-electron chi connectivity index (χ0n) is 17.2. The first kappa shape index (κ1) is 21.6. The average molecular weight is 418 g/mol. The van der Waals surface area contributed by atoms with Crippen molar-refractivity contribution in [3.05, 3.63) is 47.5 Å². The van der Waals surface area contributed by atoms with Crippen LogP contribution >= 0.6 is 0 Å². The van der Waals surface area contributed by atoms with Gasteiger partial charge in [0.25, 0.3) is 12.3 Å². The van der Waals surface area contributed by atoms with Crippen LogP contribution in [0, 0.1) is 0 Å². The van der Waals surface area contributed by atoms with E-state index in [0.29, 0.717) is 29.8 Å². The van der Waals surface area contributed by atoms with Crippen molar-refractivity contribution in [1.82, 2.24) is 14.5 Å². The number of halogens is 2. The lowest BCUT2D eigenvalue weighted by Gasteiger charge is -2.16. The van der Waals surface area contributed by atoms with Gasteiger partial charge in [0, 0.05) is 19.5 Å². The molecule has 0 fully saturated rings. The Morgan fingerprint density at radius 2 is 2.03 bits per heavy atom. The molecule has 30 heavy (non-hydrogen) atoms. The number of amides is 1. The number of nitrogens with zero attached hydrogens (tertiary/aromatic N) is 3. The summed E-state index contributed by atoms with van der Waals surface area (Å²) in [7, 11) is 3.31. The summed E-state index contributed by atoms with van der Waals surface area (Å²) in [6, 6.07) is 7.30. The third-order valence-corrected chi connectivity index (χ3v) is 4.73. The minimum Gasteiger partial charge on any atom is -0.494 e. The molecule has 3 rings (SSSR count). The number of aromatic nitrogens is 3. The first-order valence-electron chi connectivity index (χ1n) is 9.41. The summed E-state index contributed by atoms with van der Waals surface area (Å²) < 4.78 is 33.0. The zero-order chi connectivity index (χ0) is 22.1. The van der Waals surface area contributed by atoms with Crippen LogP contribution in [0.2, 0.25) is 0 Å². The van der Waals surface area contributed by atoms with E-state index in [9.17, 15) is 18.7 Å². The van der Waals surface area contributed by atoms with Crippen LogP contribution in [0.25, 0.3) is 11.0 Å². The highest BCUT2D eigenvalue weighted by Crippen LogP contribution is 2.31. The van der Waals surface area contributed by atoms with Gasteiger partial charge in [-0.15, -0.1) is 0 Å². The monoisotopic (exact) mass is 418 g/mol. The molecule has 3 aromatic rings. The molecular formula is C21H24F2N4O3.